The predicted octanol–water partition coefficient (Wildman–Crippen LogP) is 5.66. The number of amides is 3. The van der Waals surface area contributed by atoms with Gasteiger partial charge in [-0.1, -0.05) is 55.3 Å². The van der Waals surface area contributed by atoms with Crippen LogP contribution < -0.4 is 5.32 Å². The number of fused-ring (bicyclic) bond motifs is 1. The molecule has 0 radical (unpaired) electrons. The molecule has 228 valence electrons. The van der Waals surface area contributed by atoms with Crippen molar-refractivity contribution in [3.8, 4) is 0 Å². The molecule has 8 heteroatoms. The number of carbonyl (C=O) groups excluding carboxylic acids is 3. The highest BCUT2D eigenvalue weighted by molar-refractivity contribution is 6.30. The Balaban J connectivity index is 1.12. The molecule has 6 rings (SSSR count). The molecule has 2 saturated heterocycles. The van der Waals surface area contributed by atoms with E-state index >= 15 is 0 Å². The number of nitrogens with one attached hydrogen (secondary N) is 1. The average Bonchev–Trinajstić information content (AvgIpc) is 3.26. The van der Waals surface area contributed by atoms with Gasteiger partial charge in [0, 0.05) is 61.8 Å². The van der Waals surface area contributed by atoms with Gasteiger partial charge in [-0.15, -0.1) is 0 Å². The van der Waals surface area contributed by atoms with E-state index in [1.54, 1.807) is 10.5 Å². The van der Waals surface area contributed by atoms with E-state index in [1.165, 1.54) is 23.1 Å². The SMILES string of the molecule is CC1(C)CCC(CN2CCN(Cc3ccc4c(c3)CN(C3CCC(=O)NC3=O)C4=O)CC2(C)C)=C(c2ccc(Cl)cc2)C1. The highest BCUT2D eigenvalue weighted by Gasteiger charge is 2.40. The minimum absolute atomic E-state index is 0.0125. The summed E-state index contributed by atoms with van der Waals surface area (Å²) >= 11 is 6.22. The van der Waals surface area contributed by atoms with Gasteiger partial charge in [0.25, 0.3) is 5.91 Å². The zero-order chi connectivity index (χ0) is 30.5. The van der Waals surface area contributed by atoms with Crippen molar-refractivity contribution in [1.29, 1.82) is 0 Å². The summed E-state index contributed by atoms with van der Waals surface area (Å²) in [4.78, 5) is 43.9. The smallest absolute Gasteiger partial charge is 0.255 e. The lowest BCUT2D eigenvalue weighted by atomic mass is 9.72. The fourth-order valence-electron chi connectivity index (χ4n) is 7.40. The van der Waals surface area contributed by atoms with Gasteiger partial charge in [0.2, 0.25) is 11.8 Å². The van der Waals surface area contributed by atoms with E-state index in [4.69, 9.17) is 11.6 Å². The molecule has 0 spiro atoms. The van der Waals surface area contributed by atoms with Crippen LogP contribution in [0.5, 0.6) is 0 Å². The fraction of sp³-hybridized carbons (Fsp3) is 0.514. The molecule has 43 heavy (non-hydrogen) atoms. The molecule has 1 N–H and O–H groups in total. The molecule has 1 unspecified atom stereocenters. The van der Waals surface area contributed by atoms with E-state index in [-0.39, 0.29) is 29.7 Å². The second kappa shape index (κ2) is 11.5. The van der Waals surface area contributed by atoms with Gasteiger partial charge in [-0.25, -0.2) is 0 Å². The third-order valence-corrected chi connectivity index (χ3v) is 10.2. The topological polar surface area (TPSA) is 73.0 Å². The Morgan fingerprint density at radius 1 is 0.953 bits per heavy atom. The quantitative estimate of drug-likeness (QED) is 0.432. The molecule has 3 amide bonds. The highest BCUT2D eigenvalue weighted by atomic mass is 35.5. The summed E-state index contributed by atoms with van der Waals surface area (Å²) in [6, 6.07) is 13.9. The average molecular weight is 603 g/mol. The Bertz CT molecular complexity index is 1480. The third kappa shape index (κ3) is 6.31. The van der Waals surface area contributed by atoms with Crippen LogP contribution in [0.2, 0.25) is 5.02 Å². The second-order valence-electron chi connectivity index (χ2n) is 14.3. The Morgan fingerprint density at radius 3 is 2.44 bits per heavy atom. The predicted molar refractivity (Wildman–Crippen MR) is 169 cm³/mol. The number of rotatable bonds is 6. The maximum absolute atomic E-state index is 13.1. The third-order valence-electron chi connectivity index (χ3n) is 9.91. The Hall–Kier alpha value is -3.00. The second-order valence-corrected chi connectivity index (χ2v) is 14.7. The number of allylic oxidation sites excluding steroid dienone is 1. The first-order valence-electron chi connectivity index (χ1n) is 15.6. The van der Waals surface area contributed by atoms with Gasteiger partial charge < -0.3 is 4.90 Å². The largest absolute Gasteiger partial charge is 0.322 e. The Morgan fingerprint density at radius 2 is 1.72 bits per heavy atom. The minimum Gasteiger partial charge on any atom is -0.322 e. The zero-order valence-electron chi connectivity index (χ0n) is 25.8. The van der Waals surface area contributed by atoms with Crippen LogP contribution in [0.1, 0.15) is 86.8 Å². The van der Waals surface area contributed by atoms with E-state index in [0.29, 0.717) is 23.9 Å². The molecule has 2 fully saturated rings. The molecule has 4 aliphatic rings. The van der Waals surface area contributed by atoms with E-state index < -0.39 is 6.04 Å². The van der Waals surface area contributed by atoms with Crippen LogP contribution in [0, 0.1) is 5.41 Å². The maximum Gasteiger partial charge on any atom is 0.255 e. The van der Waals surface area contributed by atoms with Crippen molar-refractivity contribution in [1.82, 2.24) is 20.0 Å². The van der Waals surface area contributed by atoms with Crippen molar-refractivity contribution in [2.45, 2.75) is 84.5 Å². The first-order chi connectivity index (χ1) is 20.4. The van der Waals surface area contributed by atoms with Crippen LogP contribution in [0.15, 0.2) is 48.0 Å². The Kier molecular flexibility index (Phi) is 8.03. The van der Waals surface area contributed by atoms with Gasteiger partial charge in [-0.05, 0) is 85.4 Å². The van der Waals surface area contributed by atoms with Crippen LogP contribution >= 0.6 is 11.6 Å². The fourth-order valence-corrected chi connectivity index (χ4v) is 7.52. The van der Waals surface area contributed by atoms with Gasteiger partial charge in [0.1, 0.15) is 6.04 Å². The summed E-state index contributed by atoms with van der Waals surface area (Å²) in [5.41, 5.74) is 7.48. The summed E-state index contributed by atoms with van der Waals surface area (Å²) in [7, 11) is 0. The maximum atomic E-state index is 13.1. The standard InChI is InChI=1S/C35H43ClN4O3/c1-34(2)14-13-25(29(18-34)24-6-8-27(36)9-7-24)20-39-16-15-38(22-35(39,3)4)19-23-5-10-28-26(17-23)21-40(33(28)43)30-11-12-31(41)37-32(30)42/h5-10,17,30H,11-16,18-22H2,1-4H3,(H,37,41,42). The number of imide groups is 1. The summed E-state index contributed by atoms with van der Waals surface area (Å²) in [6.07, 6.45) is 4.08. The summed E-state index contributed by atoms with van der Waals surface area (Å²) in [6.45, 7) is 14.6. The van der Waals surface area contributed by atoms with Crippen molar-refractivity contribution in [3.05, 3.63) is 75.3 Å². The molecule has 3 aliphatic heterocycles. The van der Waals surface area contributed by atoms with Crippen LogP contribution in [-0.4, -0.2) is 70.2 Å². The number of hydrogen-bond donors (Lipinski definition) is 1. The first kappa shape index (κ1) is 30.0. The lowest BCUT2D eigenvalue weighted by Gasteiger charge is -2.48. The monoisotopic (exact) mass is 602 g/mol. The molecule has 0 bridgehead atoms. The molecule has 1 aliphatic carbocycles. The molecular formula is C35H43ClN4O3. The number of carbonyl (C=O) groups is 3. The molecule has 7 nitrogen and oxygen atoms in total. The minimum atomic E-state index is -0.583. The van der Waals surface area contributed by atoms with E-state index in [0.717, 1.165) is 56.2 Å². The molecule has 0 saturated carbocycles. The number of piperazine rings is 1. The number of hydrogen-bond acceptors (Lipinski definition) is 5. The lowest BCUT2D eigenvalue weighted by Crippen LogP contribution is -2.59. The van der Waals surface area contributed by atoms with Crippen molar-refractivity contribution in [2.75, 3.05) is 26.2 Å². The van der Waals surface area contributed by atoms with Crippen LogP contribution in [-0.2, 0) is 22.7 Å². The normalized spacial score (nSPS) is 24.3. The molecular weight excluding hydrogens is 560 g/mol. The first-order valence-corrected chi connectivity index (χ1v) is 16.0. The van der Waals surface area contributed by atoms with Gasteiger partial charge >= 0.3 is 0 Å². The molecule has 2 aromatic rings. The van der Waals surface area contributed by atoms with Crippen molar-refractivity contribution in [3.63, 3.8) is 0 Å². The number of piperidine rings is 1. The molecule has 0 aromatic heterocycles. The van der Waals surface area contributed by atoms with Crippen molar-refractivity contribution in [2.24, 2.45) is 5.41 Å². The summed E-state index contributed by atoms with van der Waals surface area (Å²) in [5, 5.41) is 3.16. The Labute approximate surface area is 260 Å². The van der Waals surface area contributed by atoms with E-state index in [9.17, 15) is 14.4 Å². The van der Waals surface area contributed by atoms with Gasteiger partial charge in [0.05, 0.1) is 0 Å². The number of nitrogens with zero attached hydrogens (tertiary/aromatic N) is 3. The number of benzene rings is 2. The lowest BCUT2D eigenvalue weighted by molar-refractivity contribution is -0.136. The molecule has 2 aromatic carbocycles. The highest BCUT2D eigenvalue weighted by Crippen LogP contribution is 2.44. The summed E-state index contributed by atoms with van der Waals surface area (Å²) in [5.74, 6) is -0.757. The van der Waals surface area contributed by atoms with Crippen molar-refractivity contribution >= 4 is 34.9 Å². The van der Waals surface area contributed by atoms with Gasteiger partial charge in [0.15, 0.2) is 0 Å². The molecule has 1 atom stereocenters. The summed E-state index contributed by atoms with van der Waals surface area (Å²) < 4.78 is 0. The van der Waals surface area contributed by atoms with Crippen LogP contribution in [0.4, 0.5) is 0 Å². The van der Waals surface area contributed by atoms with E-state index in [2.05, 4.69) is 67.1 Å². The number of halogens is 1. The molecule has 3 heterocycles. The van der Waals surface area contributed by atoms with Crippen LogP contribution in [0.25, 0.3) is 5.57 Å². The van der Waals surface area contributed by atoms with Crippen molar-refractivity contribution < 1.29 is 14.4 Å². The van der Waals surface area contributed by atoms with Crippen LogP contribution in [0.3, 0.4) is 0 Å². The van der Waals surface area contributed by atoms with E-state index in [1.807, 2.05) is 18.2 Å². The zero-order valence-corrected chi connectivity index (χ0v) is 26.6. The van der Waals surface area contributed by atoms with Gasteiger partial charge in [-0.2, -0.15) is 0 Å². The van der Waals surface area contributed by atoms with Gasteiger partial charge in [-0.3, -0.25) is 29.5 Å².